The molecule has 0 aliphatic rings. The van der Waals surface area contributed by atoms with E-state index < -0.39 is 0 Å². The molecule has 0 fully saturated rings. The second kappa shape index (κ2) is 8.35. The average Bonchev–Trinajstić information content (AvgIpc) is 2.33. The monoisotopic (exact) mass is 220 g/mol. The molecule has 1 nitrogen and oxygen atoms in total. The Balaban J connectivity index is 2.35. The van der Waals surface area contributed by atoms with Gasteiger partial charge in [0.25, 0.3) is 0 Å². The summed E-state index contributed by atoms with van der Waals surface area (Å²) < 4.78 is 0. The molecule has 0 unspecified atom stereocenters. The van der Waals surface area contributed by atoms with Crippen molar-refractivity contribution in [1.29, 1.82) is 0 Å². The Morgan fingerprint density at radius 2 is 1.62 bits per heavy atom. The van der Waals surface area contributed by atoms with E-state index >= 15 is 0 Å². The van der Waals surface area contributed by atoms with Crippen molar-refractivity contribution in [3.8, 4) is 0 Å². The minimum absolute atomic E-state index is 0.330. The first kappa shape index (κ1) is 13.2. The van der Waals surface area contributed by atoms with Gasteiger partial charge in [0.1, 0.15) is 0 Å². The Morgan fingerprint density at radius 1 is 0.938 bits per heavy atom. The highest BCUT2D eigenvalue weighted by atomic mass is 16.2. The first-order valence-electron chi connectivity index (χ1n) is 6.55. The van der Waals surface area contributed by atoms with Crippen LogP contribution in [-0.4, -0.2) is 11.7 Å². The van der Waals surface area contributed by atoms with Crippen LogP contribution >= 0.6 is 0 Å². The fourth-order valence-corrected chi connectivity index (χ4v) is 1.94. The van der Waals surface area contributed by atoms with Crippen LogP contribution in [0.1, 0.15) is 50.2 Å². The van der Waals surface area contributed by atoms with Crippen LogP contribution in [0.4, 0.5) is 0 Å². The highest BCUT2D eigenvalue weighted by molar-refractivity contribution is 5.23. The van der Waals surface area contributed by atoms with E-state index in [0.717, 1.165) is 19.3 Å². The minimum Gasteiger partial charge on any atom is -0.396 e. The zero-order chi connectivity index (χ0) is 11.6. The van der Waals surface area contributed by atoms with Gasteiger partial charge in [0.15, 0.2) is 0 Å². The zero-order valence-electron chi connectivity index (χ0n) is 10.4. The molecule has 0 radical (unpaired) electrons. The zero-order valence-corrected chi connectivity index (χ0v) is 10.4. The molecule has 0 atom stereocenters. The third-order valence-electron chi connectivity index (χ3n) is 2.93. The lowest BCUT2D eigenvalue weighted by Gasteiger charge is -2.04. The molecule has 0 spiro atoms. The van der Waals surface area contributed by atoms with Crippen molar-refractivity contribution in [2.75, 3.05) is 6.61 Å². The summed E-state index contributed by atoms with van der Waals surface area (Å²) in [5.41, 5.74) is 2.92. The number of hydrogen-bond acceptors (Lipinski definition) is 1. The first-order chi connectivity index (χ1) is 7.86. The molecule has 0 aromatic heterocycles. The summed E-state index contributed by atoms with van der Waals surface area (Å²) in [6, 6.07) is 8.96. The van der Waals surface area contributed by atoms with E-state index in [-0.39, 0.29) is 0 Å². The Hall–Kier alpha value is -0.820. The van der Waals surface area contributed by atoms with Gasteiger partial charge in [-0.05, 0) is 43.2 Å². The molecule has 0 aliphatic carbocycles. The topological polar surface area (TPSA) is 20.2 Å². The standard InChI is InChI=1S/C15H24O/c1-2-3-8-14-10-7-11-15(13-14)9-5-4-6-12-16/h7,10-11,13,16H,2-6,8-9,12H2,1H3. The van der Waals surface area contributed by atoms with E-state index in [4.69, 9.17) is 5.11 Å². The smallest absolute Gasteiger partial charge is 0.0431 e. The second-order valence-electron chi connectivity index (χ2n) is 4.46. The number of benzene rings is 1. The van der Waals surface area contributed by atoms with Crippen LogP contribution in [0.5, 0.6) is 0 Å². The molecule has 16 heavy (non-hydrogen) atoms. The van der Waals surface area contributed by atoms with Crippen molar-refractivity contribution in [2.45, 2.75) is 51.9 Å². The van der Waals surface area contributed by atoms with Gasteiger partial charge in [-0.1, -0.05) is 44.0 Å². The van der Waals surface area contributed by atoms with E-state index in [0.29, 0.717) is 6.61 Å². The number of aliphatic hydroxyl groups is 1. The third kappa shape index (κ3) is 5.32. The molecule has 0 amide bonds. The van der Waals surface area contributed by atoms with Gasteiger partial charge in [0.2, 0.25) is 0 Å². The van der Waals surface area contributed by atoms with Crippen molar-refractivity contribution in [1.82, 2.24) is 0 Å². The molecule has 0 heterocycles. The van der Waals surface area contributed by atoms with Crippen molar-refractivity contribution >= 4 is 0 Å². The van der Waals surface area contributed by atoms with E-state index in [1.54, 1.807) is 0 Å². The lowest BCUT2D eigenvalue weighted by atomic mass is 10.0. The number of hydrogen-bond donors (Lipinski definition) is 1. The van der Waals surface area contributed by atoms with Crippen molar-refractivity contribution < 1.29 is 5.11 Å². The van der Waals surface area contributed by atoms with Crippen molar-refractivity contribution in [2.24, 2.45) is 0 Å². The molecule has 1 aromatic rings. The normalized spacial score (nSPS) is 10.6. The van der Waals surface area contributed by atoms with Gasteiger partial charge >= 0.3 is 0 Å². The molecule has 0 bridgehead atoms. The number of unbranched alkanes of at least 4 members (excludes halogenated alkanes) is 3. The lowest BCUT2D eigenvalue weighted by molar-refractivity contribution is 0.283. The molecule has 0 saturated carbocycles. The van der Waals surface area contributed by atoms with Crippen LogP contribution < -0.4 is 0 Å². The average molecular weight is 220 g/mol. The molecule has 1 heteroatoms. The van der Waals surface area contributed by atoms with Crippen molar-refractivity contribution in [3.05, 3.63) is 35.4 Å². The van der Waals surface area contributed by atoms with Crippen LogP contribution in [0.15, 0.2) is 24.3 Å². The minimum atomic E-state index is 0.330. The molecule has 1 aromatic carbocycles. The summed E-state index contributed by atoms with van der Waals surface area (Å²) in [6.45, 7) is 2.56. The Kier molecular flexibility index (Phi) is 6.91. The Bertz CT molecular complexity index is 281. The predicted octanol–water partition coefficient (Wildman–Crippen LogP) is 3.73. The molecule has 90 valence electrons. The van der Waals surface area contributed by atoms with Gasteiger partial charge in [-0.15, -0.1) is 0 Å². The first-order valence-corrected chi connectivity index (χ1v) is 6.55. The Morgan fingerprint density at radius 3 is 2.25 bits per heavy atom. The third-order valence-corrected chi connectivity index (χ3v) is 2.93. The molecular formula is C15H24O. The SMILES string of the molecule is CCCCc1cccc(CCCCCO)c1. The van der Waals surface area contributed by atoms with Gasteiger partial charge in [0.05, 0.1) is 0 Å². The maximum atomic E-state index is 8.70. The Labute approximate surface area is 99.5 Å². The van der Waals surface area contributed by atoms with Gasteiger partial charge in [-0.25, -0.2) is 0 Å². The van der Waals surface area contributed by atoms with Gasteiger partial charge in [-0.3, -0.25) is 0 Å². The van der Waals surface area contributed by atoms with Crippen LogP contribution in [-0.2, 0) is 12.8 Å². The van der Waals surface area contributed by atoms with Crippen LogP contribution in [0.2, 0.25) is 0 Å². The predicted molar refractivity (Wildman–Crippen MR) is 69.7 cm³/mol. The second-order valence-corrected chi connectivity index (χ2v) is 4.46. The molecule has 1 N–H and O–H groups in total. The summed E-state index contributed by atoms with van der Waals surface area (Å²) in [5, 5.41) is 8.70. The molecule has 0 saturated heterocycles. The van der Waals surface area contributed by atoms with E-state index in [2.05, 4.69) is 31.2 Å². The number of aliphatic hydroxyl groups excluding tert-OH is 1. The van der Waals surface area contributed by atoms with Gasteiger partial charge < -0.3 is 5.11 Å². The summed E-state index contributed by atoms with van der Waals surface area (Å²) in [6.07, 6.45) is 8.18. The van der Waals surface area contributed by atoms with Crippen LogP contribution in [0.25, 0.3) is 0 Å². The van der Waals surface area contributed by atoms with Gasteiger partial charge in [0, 0.05) is 6.61 Å². The summed E-state index contributed by atoms with van der Waals surface area (Å²) >= 11 is 0. The quantitative estimate of drug-likeness (QED) is 0.662. The fraction of sp³-hybridized carbons (Fsp3) is 0.600. The fourth-order valence-electron chi connectivity index (χ4n) is 1.94. The van der Waals surface area contributed by atoms with Crippen LogP contribution in [0.3, 0.4) is 0 Å². The van der Waals surface area contributed by atoms with E-state index in [9.17, 15) is 0 Å². The number of rotatable bonds is 8. The molecule has 0 aliphatic heterocycles. The van der Waals surface area contributed by atoms with Crippen LogP contribution in [0, 0.1) is 0 Å². The van der Waals surface area contributed by atoms with Gasteiger partial charge in [-0.2, -0.15) is 0 Å². The molecule has 1 rings (SSSR count). The number of aryl methyl sites for hydroxylation is 2. The lowest BCUT2D eigenvalue weighted by Crippen LogP contribution is -1.91. The largest absolute Gasteiger partial charge is 0.396 e. The van der Waals surface area contributed by atoms with E-state index in [1.165, 1.54) is 36.8 Å². The highest BCUT2D eigenvalue weighted by Crippen LogP contribution is 2.11. The summed E-state index contributed by atoms with van der Waals surface area (Å²) in [4.78, 5) is 0. The summed E-state index contributed by atoms with van der Waals surface area (Å²) in [7, 11) is 0. The highest BCUT2D eigenvalue weighted by Gasteiger charge is 1.96. The maximum Gasteiger partial charge on any atom is 0.0431 e. The summed E-state index contributed by atoms with van der Waals surface area (Å²) in [5.74, 6) is 0. The van der Waals surface area contributed by atoms with Crippen molar-refractivity contribution in [3.63, 3.8) is 0 Å². The maximum absolute atomic E-state index is 8.70. The van der Waals surface area contributed by atoms with E-state index in [1.807, 2.05) is 0 Å². The molecular weight excluding hydrogens is 196 g/mol.